The SMILES string of the molecule is N#Cc1c(NCc2ccccc2)cc(Sc2ccccc2)c(F)c1C#N. The molecule has 0 aliphatic rings. The summed E-state index contributed by atoms with van der Waals surface area (Å²) >= 11 is 1.22. The standard InChI is InChI=1S/C21H14FN3S/c22-21-18(13-24)17(12-23)19(25-14-15-7-3-1-4-8-15)11-20(21)26-16-9-5-2-6-10-16/h1-11,25H,14H2. The van der Waals surface area contributed by atoms with Gasteiger partial charge in [-0.25, -0.2) is 4.39 Å². The van der Waals surface area contributed by atoms with Crippen molar-refractivity contribution < 1.29 is 4.39 Å². The molecule has 0 heterocycles. The third-order valence-corrected chi connectivity index (χ3v) is 4.78. The maximum Gasteiger partial charge on any atom is 0.156 e. The number of hydrogen-bond acceptors (Lipinski definition) is 4. The van der Waals surface area contributed by atoms with E-state index < -0.39 is 5.82 Å². The van der Waals surface area contributed by atoms with Crippen molar-refractivity contribution in [3.8, 4) is 12.1 Å². The summed E-state index contributed by atoms with van der Waals surface area (Å²) in [6.45, 7) is 0.474. The number of nitrogens with zero attached hydrogens (tertiary/aromatic N) is 2. The third-order valence-electron chi connectivity index (χ3n) is 3.75. The van der Waals surface area contributed by atoms with Crippen LogP contribution in [0.1, 0.15) is 16.7 Å². The van der Waals surface area contributed by atoms with Crippen molar-refractivity contribution in [3.05, 3.63) is 89.2 Å². The van der Waals surface area contributed by atoms with E-state index in [2.05, 4.69) is 5.32 Å². The minimum Gasteiger partial charge on any atom is -0.380 e. The molecule has 3 aromatic rings. The quantitative estimate of drug-likeness (QED) is 0.669. The topological polar surface area (TPSA) is 59.6 Å². The van der Waals surface area contributed by atoms with Gasteiger partial charge in [0.05, 0.1) is 16.1 Å². The monoisotopic (exact) mass is 359 g/mol. The van der Waals surface area contributed by atoms with Crippen LogP contribution in [-0.2, 0) is 6.54 Å². The Morgan fingerprint density at radius 3 is 2.12 bits per heavy atom. The fourth-order valence-electron chi connectivity index (χ4n) is 2.48. The normalized spacial score (nSPS) is 9.96. The third kappa shape index (κ3) is 3.85. The highest BCUT2D eigenvalue weighted by Gasteiger charge is 2.19. The van der Waals surface area contributed by atoms with E-state index in [-0.39, 0.29) is 11.1 Å². The zero-order valence-corrected chi connectivity index (χ0v) is 14.6. The number of halogens is 1. The Hall–Kier alpha value is -3.28. The van der Waals surface area contributed by atoms with Gasteiger partial charge in [-0.2, -0.15) is 10.5 Å². The predicted octanol–water partition coefficient (Wildman–Crippen LogP) is 5.33. The van der Waals surface area contributed by atoms with Crippen molar-refractivity contribution in [2.75, 3.05) is 5.32 Å². The van der Waals surface area contributed by atoms with Gasteiger partial charge < -0.3 is 5.32 Å². The first-order valence-corrected chi connectivity index (χ1v) is 8.72. The summed E-state index contributed by atoms with van der Waals surface area (Å²) in [5, 5.41) is 21.9. The zero-order valence-electron chi connectivity index (χ0n) is 13.7. The molecule has 0 amide bonds. The molecule has 0 saturated heterocycles. The second-order valence-electron chi connectivity index (χ2n) is 5.46. The van der Waals surface area contributed by atoms with Crippen molar-refractivity contribution in [2.45, 2.75) is 16.3 Å². The number of nitrogens with one attached hydrogen (secondary N) is 1. The summed E-state index contributed by atoms with van der Waals surface area (Å²) in [7, 11) is 0. The van der Waals surface area contributed by atoms with Crippen LogP contribution in [0.2, 0.25) is 0 Å². The molecule has 0 atom stereocenters. The molecule has 3 aromatic carbocycles. The largest absolute Gasteiger partial charge is 0.380 e. The molecule has 3 nitrogen and oxygen atoms in total. The lowest BCUT2D eigenvalue weighted by atomic mass is 10.1. The van der Waals surface area contributed by atoms with E-state index in [1.807, 2.05) is 72.8 Å². The smallest absolute Gasteiger partial charge is 0.156 e. The molecular weight excluding hydrogens is 345 g/mol. The molecule has 0 spiro atoms. The summed E-state index contributed by atoms with van der Waals surface area (Å²) in [6, 6.07) is 24.4. The highest BCUT2D eigenvalue weighted by Crippen LogP contribution is 2.35. The van der Waals surface area contributed by atoms with Gasteiger partial charge in [0, 0.05) is 11.4 Å². The summed E-state index contributed by atoms with van der Waals surface area (Å²) in [6.07, 6.45) is 0. The van der Waals surface area contributed by atoms with Crippen LogP contribution >= 0.6 is 11.8 Å². The summed E-state index contributed by atoms with van der Waals surface area (Å²) in [4.78, 5) is 1.16. The molecule has 0 radical (unpaired) electrons. The van der Waals surface area contributed by atoms with E-state index in [9.17, 15) is 14.9 Å². The minimum absolute atomic E-state index is 0.0262. The van der Waals surface area contributed by atoms with Crippen LogP contribution in [0.3, 0.4) is 0 Å². The van der Waals surface area contributed by atoms with E-state index in [1.165, 1.54) is 11.8 Å². The van der Waals surface area contributed by atoms with Crippen LogP contribution in [0.4, 0.5) is 10.1 Å². The van der Waals surface area contributed by atoms with Gasteiger partial charge >= 0.3 is 0 Å². The van der Waals surface area contributed by atoms with Gasteiger partial charge in [-0.15, -0.1) is 0 Å². The van der Waals surface area contributed by atoms with Crippen molar-refractivity contribution in [1.82, 2.24) is 0 Å². The second kappa shape index (κ2) is 8.20. The molecule has 0 unspecified atom stereocenters. The molecule has 126 valence electrons. The lowest BCUT2D eigenvalue weighted by Gasteiger charge is -2.13. The Labute approximate surface area is 155 Å². The summed E-state index contributed by atoms with van der Waals surface area (Å²) < 4.78 is 14.7. The molecule has 0 aromatic heterocycles. The molecule has 3 rings (SSSR count). The Bertz CT molecular complexity index is 990. The van der Waals surface area contributed by atoms with Crippen molar-refractivity contribution >= 4 is 17.4 Å². The first kappa shape index (κ1) is 17.5. The Morgan fingerprint density at radius 2 is 1.50 bits per heavy atom. The van der Waals surface area contributed by atoms with Gasteiger partial charge in [-0.1, -0.05) is 60.3 Å². The summed E-state index contributed by atoms with van der Waals surface area (Å²) in [5.74, 6) is -0.664. The van der Waals surface area contributed by atoms with Crippen LogP contribution in [-0.4, -0.2) is 0 Å². The fourth-order valence-corrected chi connectivity index (χ4v) is 3.39. The second-order valence-corrected chi connectivity index (χ2v) is 6.58. The van der Waals surface area contributed by atoms with Gasteiger partial charge in [-0.05, 0) is 23.8 Å². The van der Waals surface area contributed by atoms with Gasteiger partial charge in [0.1, 0.15) is 17.7 Å². The molecule has 5 heteroatoms. The Kier molecular flexibility index (Phi) is 5.53. The Morgan fingerprint density at radius 1 is 0.885 bits per heavy atom. The fraction of sp³-hybridized carbons (Fsp3) is 0.0476. The maximum atomic E-state index is 14.7. The van der Waals surface area contributed by atoms with E-state index in [0.29, 0.717) is 17.1 Å². The van der Waals surface area contributed by atoms with Crippen molar-refractivity contribution in [3.63, 3.8) is 0 Å². The van der Waals surface area contributed by atoms with E-state index in [1.54, 1.807) is 6.07 Å². The molecular formula is C21H14FN3S. The van der Waals surface area contributed by atoms with E-state index in [4.69, 9.17) is 0 Å². The Balaban J connectivity index is 1.98. The predicted molar refractivity (Wildman–Crippen MR) is 100 cm³/mol. The van der Waals surface area contributed by atoms with Crippen LogP contribution < -0.4 is 5.32 Å². The number of anilines is 1. The minimum atomic E-state index is -0.664. The first-order chi connectivity index (χ1) is 12.7. The van der Waals surface area contributed by atoms with E-state index >= 15 is 0 Å². The number of rotatable bonds is 5. The molecule has 0 aliphatic heterocycles. The van der Waals surface area contributed by atoms with Gasteiger partial charge in [-0.3, -0.25) is 0 Å². The van der Waals surface area contributed by atoms with Crippen molar-refractivity contribution in [2.24, 2.45) is 0 Å². The number of nitriles is 2. The highest BCUT2D eigenvalue weighted by atomic mass is 32.2. The van der Waals surface area contributed by atoms with Crippen LogP contribution in [0, 0.1) is 28.5 Å². The molecule has 1 N–H and O–H groups in total. The van der Waals surface area contributed by atoms with Crippen LogP contribution in [0.5, 0.6) is 0 Å². The zero-order chi connectivity index (χ0) is 18.4. The van der Waals surface area contributed by atoms with Crippen LogP contribution in [0.25, 0.3) is 0 Å². The lowest BCUT2D eigenvalue weighted by molar-refractivity contribution is 0.597. The average Bonchev–Trinajstić information content (AvgIpc) is 2.69. The van der Waals surface area contributed by atoms with Gasteiger partial charge in [0.15, 0.2) is 5.82 Å². The van der Waals surface area contributed by atoms with Gasteiger partial charge in [0.2, 0.25) is 0 Å². The number of benzene rings is 3. The van der Waals surface area contributed by atoms with E-state index in [0.717, 1.165) is 10.5 Å². The number of hydrogen-bond donors (Lipinski definition) is 1. The van der Waals surface area contributed by atoms with Crippen LogP contribution in [0.15, 0.2) is 76.5 Å². The summed E-state index contributed by atoms with van der Waals surface area (Å²) in [5.41, 5.74) is 1.27. The maximum absolute atomic E-state index is 14.7. The molecule has 0 fully saturated rings. The molecule has 0 bridgehead atoms. The average molecular weight is 359 g/mol. The lowest BCUT2D eigenvalue weighted by Crippen LogP contribution is -2.05. The first-order valence-electron chi connectivity index (χ1n) is 7.90. The van der Waals surface area contributed by atoms with Gasteiger partial charge in [0.25, 0.3) is 0 Å². The van der Waals surface area contributed by atoms with Crippen molar-refractivity contribution in [1.29, 1.82) is 10.5 Å². The molecule has 0 aliphatic carbocycles. The molecule has 0 saturated carbocycles. The highest BCUT2D eigenvalue weighted by molar-refractivity contribution is 7.99. The molecule has 26 heavy (non-hydrogen) atoms.